The number of H-pyrrole nitrogens is 1. The molecule has 1 saturated heterocycles. The number of piperidine rings is 1. The van der Waals surface area contributed by atoms with E-state index in [1.165, 1.54) is 13.2 Å². The van der Waals surface area contributed by atoms with Crippen LogP contribution in [0.2, 0.25) is 0 Å². The van der Waals surface area contributed by atoms with Crippen molar-refractivity contribution < 1.29 is 31.8 Å². The van der Waals surface area contributed by atoms with E-state index in [0.717, 1.165) is 11.1 Å². The molecule has 2 aliphatic carbocycles. The summed E-state index contributed by atoms with van der Waals surface area (Å²) in [4.78, 5) is 42.7. The van der Waals surface area contributed by atoms with Crippen LogP contribution in [0.15, 0.2) is 29.1 Å². The molecule has 1 amide bonds. The molecule has 3 aliphatic rings. The number of hydrogen-bond donors (Lipinski definition) is 2. The number of methoxy groups -OCH3 is 2. The number of benzene rings is 1. The summed E-state index contributed by atoms with van der Waals surface area (Å²) in [5.41, 5.74) is -0.102. The Morgan fingerprint density at radius 2 is 1.92 bits per heavy atom. The molecule has 0 saturated carbocycles. The molecule has 0 radical (unpaired) electrons. The zero-order chi connectivity index (χ0) is 26.0. The standard InChI is InChI=1S/C27H32N2O7.2H2/c1-25(2,3)36-24(32)29-9-8-26-14-20-16(10-18(22(30)28-20)23(31)35-5)13-27(26,33)21(29)11-15-6-7-17(34-4)12-19(15)26;;/h6-7,10,12,21,33H,8-9,11,13-14H2,1-5H3,(H,28,30);2*1H/t21-,26-,27-;;/m1../s1. The van der Waals surface area contributed by atoms with E-state index in [-0.39, 0.29) is 14.8 Å². The Morgan fingerprint density at radius 1 is 1.17 bits per heavy atom. The molecule has 36 heavy (non-hydrogen) atoms. The second kappa shape index (κ2) is 8.09. The number of aromatic nitrogens is 1. The van der Waals surface area contributed by atoms with Gasteiger partial charge in [0.15, 0.2) is 0 Å². The lowest BCUT2D eigenvalue weighted by Crippen LogP contribution is -2.75. The van der Waals surface area contributed by atoms with Crippen molar-refractivity contribution >= 4 is 12.1 Å². The summed E-state index contributed by atoms with van der Waals surface area (Å²) in [7, 11) is 2.82. The number of nitrogens with one attached hydrogen (secondary N) is 1. The zero-order valence-corrected chi connectivity index (χ0v) is 21.3. The zero-order valence-electron chi connectivity index (χ0n) is 21.3. The average Bonchev–Trinajstić information content (AvgIpc) is 2.80. The van der Waals surface area contributed by atoms with Gasteiger partial charge in [-0.15, -0.1) is 0 Å². The van der Waals surface area contributed by atoms with Crippen LogP contribution >= 0.6 is 0 Å². The van der Waals surface area contributed by atoms with Crippen molar-refractivity contribution in [3.8, 4) is 5.75 Å². The third-order valence-corrected chi connectivity index (χ3v) is 7.97. The third-order valence-electron chi connectivity index (χ3n) is 7.97. The van der Waals surface area contributed by atoms with E-state index < -0.39 is 40.3 Å². The molecule has 1 aromatic heterocycles. The summed E-state index contributed by atoms with van der Waals surface area (Å²) in [6.45, 7) is 5.85. The number of rotatable bonds is 2. The van der Waals surface area contributed by atoms with Gasteiger partial charge in [-0.25, -0.2) is 9.59 Å². The highest BCUT2D eigenvalue weighted by Crippen LogP contribution is 2.57. The number of esters is 1. The maximum absolute atomic E-state index is 13.3. The molecule has 1 fully saturated rings. The van der Waals surface area contributed by atoms with Crippen molar-refractivity contribution in [3.05, 3.63) is 62.6 Å². The van der Waals surface area contributed by atoms with Gasteiger partial charge in [0, 0.05) is 33.3 Å². The van der Waals surface area contributed by atoms with Gasteiger partial charge in [-0.05, 0) is 68.5 Å². The first-order chi connectivity index (χ1) is 16.9. The number of aromatic amines is 1. The number of fused-ring (bicyclic) bond motifs is 2. The molecule has 0 spiro atoms. The SMILES string of the molecule is COC(=O)c1cc2c([nH]c1=O)C[C@]13CCN(C(=O)OC(C)(C)C)[C@H](Cc4ccc(OC)cc41)[C@]3(O)C2.[HH].[HH]. The Labute approximate surface area is 212 Å². The van der Waals surface area contributed by atoms with Crippen LogP contribution in [0.3, 0.4) is 0 Å². The normalized spacial score (nSPS) is 26.3. The number of nitrogens with zero attached hydrogens (tertiary/aromatic N) is 1. The summed E-state index contributed by atoms with van der Waals surface area (Å²) in [5.74, 6) is -0.0561. The van der Waals surface area contributed by atoms with E-state index in [0.29, 0.717) is 42.8 Å². The Balaban J connectivity index is 0.00000200. The van der Waals surface area contributed by atoms with Crippen LogP contribution in [-0.4, -0.2) is 65.1 Å². The fourth-order valence-corrected chi connectivity index (χ4v) is 6.37. The van der Waals surface area contributed by atoms with Crippen LogP contribution in [0.25, 0.3) is 0 Å². The van der Waals surface area contributed by atoms with Gasteiger partial charge in [0.1, 0.15) is 16.9 Å². The number of amides is 1. The fourth-order valence-electron chi connectivity index (χ4n) is 6.37. The van der Waals surface area contributed by atoms with E-state index in [4.69, 9.17) is 14.2 Å². The molecule has 1 aromatic carbocycles. The molecule has 2 N–H and O–H groups in total. The molecular weight excluding hydrogens is 464 g/mol. The predicted octanol–water partition coefficient (Wildman–Crippen LogP) is 3.00. The number of aliphatic hydroxyl groups is 1. The molecular formula is C27H36N2O7. The van der Waals surface area contributed by atoms with Crippen molar-refractivity contribution in [1.82, 2.24) is 9.88 Å². The molecule has 0 unspecified atom stereocenters. The highest BCUT2D eigenvalue weighted by Gasteiger charge is 2.65. The van der Waals surface area contributed by atoms with Gasteiger partial charge in [0.25, 0.3) is 5.56 Å². The molecule has 2 aromatic rings. The van der Waals surface area contributed by atoms with Crippen molar-refractivity contribution in [3.63, 3.8) is 0 Å². The number of hydrogen-bond acceptors (Lipinski definition) is 7. The van der Waals surface area contributed by atoms with E-state index in [1.54, 1.807) is 12.0 Å². The van der Waals surface area contributed by atoms with Gasteiger partial charge in [0.05, 0.1) is 25.9 Å². The minimum atomic E-state index is -1.36. The van der Waals surface area contributed by atoms with Crippen molar-refractivity contribution in [1.29, 1.82) is 0 Å². The van der Waals surface area contributed by atoms with Crippen molar-refractivity contribution in [2.75, 3.05) is 20.8 Å². The quantitative estimate of drug-likeness (QED) is 0.609. The predicted molar refractivity (Wildman–Crippen MR) is 135 cm³/mol. The Hall–Kier alpha value is -3.33. The second-order valence-electron chi connectivity index (χ2n) is 11.0. The lowest BCUT2D eigenvalue weighted by Gasteiger charge is -2.63. The van der Waals surface area contributed by atoms with Crippen LogP contribution in [0.4, 0.5) is 4.79 Å². The smallest absolute Gasteiger partial charge is 0.410 e. The van der Waals surface area contributed by atoms with Crippen molar-refractivity contribution in [2.24, 2.45) is 0 Å². The monoisotopic (exact) mass is 500 g/mol. The molecule has 1 aliphatic heterocycles. The summed E-state index contributed by atoms with van der Waals surface area (Å²) in [5, 5.41) is 12.6. The van der Waals surface area contributed by atoms with Crippen molar-refractivity contribution in [2.45, 2.75) is 69.1 Å². The van der Waals surface area contributed by atoms with E-state index in [1.807, 2.05) is 39.0 Å². The Bertz CT molecular complexity index is 1320. The molecule has 3 atom stereocenters. The highest BCUT2D eigenvalue weighted by atomic mass is 16.6. The van der Waals surface area contributed by atoms with E-state index in [9.17, 15) is 19.5 Å². The summed E-state index contributed by atoms with van der Waals surface area (Å²) in [6, 6.07) is 6.79. The largest absolute Gasteiger partial charge is 0.497 e. The van der Waals surface area contributed by atoms with Gasteiger partial charge in [0.2, 0.25) is 0 Å². The minimum absolute atomic E-state index is 0. The van der Waals surface area contributed by atoms with Crippen LogP contribution < -0.4 is 10.3 Å². The molecule has 9 heteroatoms. The lowest BCUT2D eigenvalue weighted by atomic mass is 9.49. The van der Waals surface area contributed by atoms with Gasteiger partial charge >= 0.3 is 12.1 Å². The van der Waals surface area contributed by atoms with Crippen LogP contribution in [0.1, 0.15) is 62.8 Å². The molecule has 2 bridgehead atoms. The molecule has 196 valence electrons. The Morgan fingerprint density at radius 3 is 2.58 bits per heavy atom. The average molecular weight is 501 g/mol. The van der Waals surface area contributed by atoms with Crippen LogP contribution in [0.5, 0.6) is 5.75 Å². The summed E-state index contributed by atoms with van der Waals surface area (Å²) < 4.78 is 16.0. The Kier molecular flexibility index (Phi) is 5.48. The number of carbonyl (C=O) groups excluding carboxylic acids is 2. The molecule has 9 nitrogen and oxygen atoms in total. The van der Waals surface area contributed by atoms with Gasteiger partial charge in [-0.3, -0.25) is 4.79 Å². The summed E-state index contributed by atoms with van der Waals surface area (Å²) >= 11 is 0. The summed E-state index contributed by atoms with van der Waals surface area (Å²) in [6.07, 6.45) is 0.964. The topological polar surface area (TPSA) is 118 Å². The van der Waals surface area contributed by atoms with Gasteiger partial charge in [-0.1, -0.05) is 6.07 Å². The van der Waals surface area contributed by atoms with E-state index in [2.05, 4.69) is 4.98 Å². The first-order valence-corrected chi connectivity index (χ1v) is 12.2. The van der Waals surface area contributed by atoms with Crippen LogP contribution in [0, 0.1) is 0 Å². The number of pyridine rings is 1. The number of likely N-dealkylation sites (tertiary alicyclic amines) is 1. The second-order valence-corrected chi connectivity index (χ2v) is 11.0. The molecule has 5 rings (SSSR count). The maximum Gasteiger partial charge on any atom is 0.410 e. The van der Waals surface area contributed by atoms with E-state index >= 15 is 0 Å². The van der Waals surface area contributed by atoms with Gasteiger partial charge < -0.3 is 29.2 Å². The maximum atomic E-state index is 13.3. The minimum Gasteiger partial charge on any atom is -0.497 e. The van der Waals surface area contributed by atoms with Gasteiger partial charge in [-0.2, -0.15) is 0 Å². The molecule has 2 heterocycles. The number of carbonyl (C=O) groups is 2. The highest BCUT2D eigenvalue weighted by molar-refractivity contribution is 5.89. The number of ether oxygens (including phenoxy) is 3. The lowest BCUT2D eigenvalue weighted by molar-refractivity contribution is -0.147. The van der Waals surface area contributed by atoms with Crippen LogP contribution in [-0.2, 0) is 34.2 Å². The first-order valence-electron chi connectivity index (χ1n) is 12.2. The fraction of sp³-hybridized carbons (Fsp3) is 0.519. The first kappa shape index (κ1) is 24.4. The third kappa shape index (κ3) is 3.51.